The van der Waals surface area contributed by atoms with Crippen LogP contribution in [0.4, 0.5) is 11.4 Å². The van der Waals surface area contributed by atoms with Gasteiger partial charge in [0.15, 0.2) is 5.11 Å². The molecule has 2 N–H and O–H groups in total. The SMILES string of the molecule is CCCC(=O)N1CCN(c2ccc(NC(=S)NC(=O)C(C)(C)C)cc2)CC1. The summed E-state index contributed by atoms with van der Waals surface area (Å²) in [4.78, 5) is 28.2. The predicted molar refractivity (Wildman–Crippen MR) is 114 cm³/mol. The highest BCUT2D eigenvalue weighted by molar-refractivity contribution is 7.80. The van der Waals surface area contributed by atoms with E-state index in [0.29, 0.717) is 11.5 Å². The smallest absolute Gasteiger partial charge is 0.231 e. The van der Waals surface area contributed by atoms with E-state index in [9.17, 15) is 9.59 Å². The minimum Gasteiger partial charge on any atom is -0.368 e. The second-order valence-corrected chi connectivity index (χ2v) is 8.23. The van der Waals surface area contributed by atoms with Gasteiger partial charge >= 0.3 is 0 Å². The van der Waals surface area contributed by atoms with Crippen molar-refractivity contribution in [2.75, 3.05) is 36.4 Å². The molecule has 6 nitrogen and oxygen atoms in total. The van der Waals surface area contributed by atoms with E-state index < -0.39 is 5.41 Å². The molecule has 1 fully saturated rings. The fourth-order valence-electron chi connectivity index (χ4n) is 2.79. The van der Waals surface area contributed by atoms with Gasteiger partial charge in [0.2, 0.25) is 11.8 Å². The highest BCUT2D eigenvalue weighted by Crippen LogP contribution is 2.20. The van der Waals surface area contributed by atoms with Crippen LogP contribution in [0.5, 0.6) is 0 Å². The van der Waals surface area contributed by atoms with Crippen LogP contribution in [-0.4, -0.2) is 48.0 Å². The molecule has 7 heteroatoms. The Hall–Kier alpha value is -2.15. The van der Waals surface area contributed by atoms with Gasteiger partial charge in [-0.05, 0) is 42.9 Å². The molecule has 1 heterocycles. The standard InChI is InChI=1S/C20H30N4O2S/c1-5-6-17(25)24-13-11-23(12-14-24)16-9-7-15(8-10-16)21-19(27)22-18(26)20(2,3)4/h7-10H,5-6,11-14H2,1-4H3,(H2,21,22,26,27). The van der Waals surface area contributed by atoms with Crippen LogP contribution in [0.25, 0.3) is 0 Å². The molecule has 27 heavy (non-hydrogen) atoms. The Labute approximate surface area is 167 Å². The maximum atomic E-state index is 12.0. The van der Waals surface area contributed by atoms with Gasteiger partial charge in [0.1, 0.15) is 0 Å². The Kier molecular flexibility index (Phi) is 7.18. The normalized spacial score (nSPS) is 14.7. The number of piperazine rings is 1. The number of rotatable bonds is 4. The number of hydrogen-bond donors (Lipinski definition) is 2. The van der Waals surface area contributed by atoms with Crippen LogP contribution in [0.1, 0.15) is 40.5 Å². The van der Waals surface area contributed by atoms with E-state index in [1.807, 2.05) is 56.9 Å². The number of hydrogen-bond acceptors (Lipinski definition) is 4. The number of amides is 2. The topological polar surface area (TPSA) is 64.7 Å². The zero-order valence-corrected chi connectivity index (χ0v) is 17.5. The summed E-state index contributed by atoms with van der Waals surface area (Å²) >= 11 is 5.21. The van der Waals surface area contributed by atoms with Crippen molar-refractivity contribution in [3.8, 4) is 0 Å². The van der Waals surface area contributed by atoms with Gasteiger partial charge in [-0.3, -0.25) is 9.59 Å². The number of carbonyl (C=O) groups excluding carboxylic acids is 2. The summed E-state index contributed by atoms with van der Waals surface area (Å²) < 4.78 is 0. The zero-order valence-electron chi connectivity index (χ0n) is 16.7. The third-order valence-corrected chi connectivity index (χ3v) is 4.70. The summed E-state index contributed by atoms with van der Waals surface area (Å²) in [7, 11) is 0. The number of anilines is 2. The first-order chi connectivity index (χ1) is 12.7. The molecule has 1 aromatic carbocycles. The first-order valence-electron chi connectivity index (χ1n) is 9.46. The lowest BCUT2D eigenvalue weighted by Gasteiger charge is -2.36. The quantitative estimate of drug-likeness (QED) is 0.774. The molecule has 0 bridgehead atoms. The van der Waals surface area contributed by atoms with Gasteiger partial charge in [-0.15, -0.1) is 0 Å². The monoisotopic (exact) mass is 390 g/mol. The molecule has 148 valence electrons. The van der Waals surface area contributed by atoms with Gasteiger partial charge in [0.25, 0.3) is 0 Å². The van der Waals surface area contributed by atoms with E-state index in [0.717, 1.165) is 44.0 Å². The highest BCUT2D eigenvalue weighted by atomic mass is 32.1. The number of carbonyl (C=O) groups is 2. The molecule has 0 saturated carbocycles. The lowest BCUT2D eigenvalue weighted by Crippen LogP contribution is -2.48. The minimum atomic E-state index is -0.490. The molecule has 1 aliphatic heterocycles. The van der Waals surface area contributed by atoms with E-state index in [1.165, 1.54) is 0 Å². The maximum Gasteiger partial charge on any atom is 0.231 e. The van der Waals surface area contributed by atoms with Crippen molar-refractivity contribution in [3.63, 3.8) is 0 Å². The molecule has 1 saturated heterocycles. The van der Waals surface area contributed by atoms with Gasteiger partial charge in [0, 0.05) is 49.4 Å². The summed E-state index contributed by atoms with van der Waals surface area (Å²) in [5.41, 5.74) is 1.46. The van der Waals surface area contributed by atoms with E-state index in [2.05, 4.69) is 15.5 Å². The van der Waals surface area contributed by atoms with E-state index in [-0.39, 0.29) is 11.8 Å². The Bertz CT molecular complexity index is 674. The van der Waals surface area contributed by atoms with Crippen LogP contribution in [0, 0.1) is 5.41 Å². The van der Waals surface area contributed by atoms with E-state index in [4.69, 9.17) is 12.2 Å². The number of nitrogens with zero attached hydrogens (tertiary/aromatic N) is 2. The Morgan fingerprint density at radius 3 is 2.19 bits per heavy atom. The first-order valence-corrected chi connectivity index (χ1v) is 9.86. The van der Waals surface area contributed by atoms with E-state index >= 15 is 0 Å². The second-order valence-electron chi connectivity index (χ2n) is 7.82. The fraction of sp³-hybridized carbons (Fsp3) is 0.550. The fourth-order valence-corrected chi connectivity index (χ4v) is 3.01. The predicted octanol–water partition coefficient (Wildman–Crippen LogP) is 2.99. The molecular formula is C20H30N4O2S. The molecule has 0 unspecified atom stereocenters. The molecule has 2 rings (SSSR count). The second kappa shape index (κ2) is 9.17. The summed E-state index contributed by atoms with van der Waals surface area (Å²) in [5.74, 6) is 0.134. The van der Waals surface area contributed by atoms with Crippen molar-refractivity contribution >= 4 is 40.5 Å². The summed E-state index contributed by atoms with van der Waals surface area (Å²) in [6.45, 7) is 10.8. The van der Waals surface area contributed by atoms with Gasteiger partial charge in [0.05, 0.1) is 0 Å². The Morgan fingerprint density at radius 2 is 1.67 bits per heavy atom. The minimum absolute atomic E-state index is 0.118. The lowest BCUT2D eigenvalue weighted by molar-refractivity contribution is -0.131. The Morgan fingerprint density at radius 1 is 1.07 bits per heavy atom. The molecule has 0 atom stereocenters. The maximum absolute atomic E-state index is 12.0. The van der Waals surface area contributed by atoms with Crippen LogP contribution < -0.4 is 15.5 Å². The number of thiocarbonyl (C=S) groups is 1. The van der Waals surface area contributed by atoms with E-state index in [1.54, 1.807) is 0 Å². The lowest BCUT2D eigenvalue weighted by atomic mass is 9.96. The zero-order chi connectivity index (χ0) is 20.0. The highest BCUT2D eigenvalue weighted by Gasteiger charge is 2.22. The van der Waals surface area contributed by atoms with Crippen LogP contribution in [0.3, 0.4) is 0 Å². The van der Waals surface area contributed by atoms with Crippen molar-refractivity contribution < 1.29 is 9.59 Å². The van der Waals surface area contributed by atoms with Crippen molar-refractivity contribution in [2.45, 2.75) is 40.5 Å². The van der Waals surface area contributed by atoms with Crippen LogP contribution in [0.15, 0.2) is 24.3 Å². The van der Waals surface area contributed by atoms with Crippen LogP contribution in [-0.2, 0) is 9.59 Å². The first kappa shape index (κ1) is 21.2. The number of benzene rings is 1. The molecule has 1 aliphatic rings. The number of nitrogens with one attached hydrogen (secondary N) is 2. The molecule has 0 radical (unpaired) electrons. The Balaban J connectivity index is 1.86. The molecular weight excluding hydrogens is 360 g/mol. The van der Waals surface area contributed by atoms with Crippen LogP contribution >= 0.6 is 12.2 Å². The molecule has 0 aromatic heterocycles. The van der Waals surface area contributed by atoms with Crippen LogP contribution in [0.2, 0.25) is 0 Å². The average molecular weight is 391 g/mol. The van der Waals surface area contributed by atoms with Gasteiger partial charge in [-0.1, -0.05) is 27.7 Å². The van der Waals surface area contributed by atoms with Gasteiger partial charge in [-0.2, -0.15) is 0 Å². The van der Waals surface area contributed by atoms with Crippen molar-refractivity contribution in [3.05, 3.63) is 24.3 Å². The summed E-state index contributed by atoms with van der Waals surface area (Å²) in [6, 6.07) is 7.94. The average Bonchev–Trinajstić information content (AvgIpc) is 2.62. The van der Waals surface area contributed by atoms with Crippen molar-refractivity contribution in [1.29, 1.82) is 0 Å². The summed E-state index contributed by atoms with van der Waals surface area (Å²) in [5, 5.41) is 6.04. The van der Waals surface area contributed by atoms with Crippen molar-refractivity contribution in [1.82, 2.24) is 10.2 Å². The van der Waals surface area contributed by atoms with Gasteiger partial charge in [-0.25, -0.2) is 0 Å². The largest absolute Gasteiger partial charge is 0.368 e. The molecule has 0 spiro atoms. The third-order valence-electron chi connectivity index (χ3n) is 4.49. The summed E-state index contributed by atoms with van der Waals surface area (Å²) in [6.07, 6.45) is 1.53. The molecule has 0 aliphatic carbocycles. The van der Waals surface area contributed by atoms with Crippen molar-refractivity contribution in [2.24, 2.45) is 5.41 Å². The van der Waals surface area contributed by atoms with Gasteiger partial charge < -0.3 is 20.4 Å². The molecule has 1 aromatic rings. The third kappa shape index (κ3) is 6.20. The molecule has 2 amide bonds.